The van der Waals surface area contributed by atoms with Crippen LogP contribution in [0.2, 0.25) is 0 Å². The van der Waals surface area contributed by atoms with E-state index in [1.54, 1.807) is 19.9 Å². The molecule has 0 bridgehead atoms. The Morgan fingerprint density at radius 1 is 1.60 bits per heavy atom. The Labute approximate surface area is 87.1 Å². The molecule has 5 heteroatoms. The fourth-order valence-electron chi connectivity index (χ4n) is 1.18. The van der Waals surface area contributed by atoms with Gasteiger partial charge in [-0.3, -0.25) is 9.59 Å². The summed E-state index contributed by atoms with van der Waals surface area (Å²) in [7, 11) is 0. The summed E-state index contributed by atoms with van der Waals surface area (Å²) in [5, 5.41) is 11.1. The van der Waals surface area contributed by atoms with Crippen LogP contribution in [0, 0.1) is 6.92 Å². The maximum atomic E-state index is 11.5. The third-order valence-electron chi connectivity index (χ3n) is 1.85. The summed E-state index contributed by atoms with van der Waals surface area (Å²) >= 11 is 0. The molecule has 1 rings (SSSR count). The number of carboxylic acids is 1. The number of furan rings is 1. The lowest BCUT2D eigenvalue weighted by Crippen LogP contribution is -2.33. The lowest BCUT2D eigenvalue weighted by atomic mass is 10.2. The predicted octanol–water partition coefficient (Wildman–Crippen LogP) is 1.18. The summed E-state index contributed by atoms with van der Waals surface area (Å²) in [4.78, 5) is 21.8. The first-order chi connectivity index (χ1) is 6.99. The van der Waals surface area contributed by atoms with Crippen molar-refractivity contribution >= 4 is 11.9 Å². The molecule has 0 spiro atoms. The summed E-state index contributed by atoms with van der Waals surface area (Å²) in [6.07, 6.45) is 1.25. The van der Waals surface area contributed by atoms with Crippen LogP contribution in [0.3, 0.4) is 0 Å². The zero-order valence-corrected chi connectivity index (χ0v) is 8.61. The zero-order chi connectivity index (χ0) is 11.4. The third kappa shape index (κ3) is 3.46. The second-order valence-electron chi connectivity index (χ2n) is 3.42. The van der Waals surface area contributed by atoms with Gasteiger partial charge in [0.1, 0.15) is 12.0 Å². The molecule has 0 saturated carbocycles. The van der Waals surface area contributed by atoms with Gasteiger partial charge in [-0.05, 0) is 19.9 Å². The van der Waals surface area contributed by atoms with Crippen molar-refractivity contribution in [2.45, 2.75) is 26.3 Å². The molecule has 5 nitrogen and oxygen atoms in total. The molecule has 1 aromatic heterocycles. The van der Waals surface area contributed by atoms with Gasteiger partial charge in [0, 0.05) is 6.04 Å². The van der Waals surface area contributed by atoms with Gasteiger partial charge in [0.2, 0.25) is 0 Å². The third-order valence-corrected chi connectivity index (χ3v) is 1.85. The monoisotopic (exact) mass is 211 g/mol. The average Bonchev–Trinajstić information content (AvgIpc) is 2.49. The van der Waals surface area contributed by atoms with E-state index in [-0.39, 0.29) is 12.3 Å². The van der Waals surface area contributed by atoms with Crippen LogP contribution >= 0.6 is 0 Å². The number of aliphatic carboxylic acids is 1. The summed E-state index contributed by atoms with van der Waals surface area (Å²) < 4.78 is 4.97. The predicted molar refractivity (Wildman–Crippen MR) is 52.6 cm³/mol. The zero-order valence-electron chi connectivity index (χ0n) is 8.61. The molecule has 1 unspecified atom stereocenters. The molecule has 15 heavy (non-hydrogen) atoms. The van der Waals surface area contributed by atoms with E-state index in [2.05, 4.69) is 5.32 Å². The van der Waals surface area contributed by atoms with Crippen LogP contribution in [0.25, 0.3) is 0 Å². The number of carbonyl (C=O) groups is 2. The number of rotatable bonds is 4. The Bertz CT molecular complexity index is 369. The van der Waals surface area contributed by atoms with Gasteiger partial charge in [0.05, 0.1) is 12.0 Å². The van der Waals surface area contributed by atoms with E-state index in [1.807, 2.05) is 0 Å². The standard InChI is InChI=1S/C10H13NO4/c1-6(3-9(12)13)11-10(14)8-4-7(2)15-5-8/h4-6H,3H2,1-2H3,(H,11,14)(H,12,13). The van der Waals surface area contributed by atoms with Gasteiger partial charge in [-0.25, -0.2) is 0 Å². The number of amides is 1. The maximum absolute atomic E-state index is 11.5. The maximum Gasteiger partial charge on any atom is 0.305 e. The van der Waals surface area contributed by atoms with E-state index in [0.717, 1.165) is 0 Å². The Morgan fingerprint density at radius 3 is 2.73 bits per heavy atom. The van der Waals surface area contributed by atoms with E-state index in [9.17, 15) is 9.59 Å². The largest absolute Gasteiger partial charge is 0.481 e. The highest BCUT2D eigenvalue weighted by atomic mass is 16.4. The minimum absolute atomic E-state index is 0.0947. The average molecular weight is 211 g/mol. The van der Waals surface area contributed by atoms with Crippen LogP contribution in [0.15, 0.2) is 16.7 Å². The number of hydrogen-bond acceptors (Lipinski definition) is 3. The van der Waals surface area contributed by atoms with Gasteiger partial charge >= 0.3 is 5.97 Å². The first kappa shape index (κ1) is 11.3. The molecule has 0 fully saturated rings. The van der Waals surface area contributed by atoms with Gasteiger partial charge < -0.3 is 14.8 Å². The van der Waals surface area contributed by atoms with Gasteiger partial charge in [-0.15, -0.1) is 0 Å². The van der Waals surface area contributed by atoms with E-state index < -0.39 is 12.0 Å². The van der Waals surface area contributed by atoms with E-state index in [4.69, 9.17) is 9.52 Å². The Hall–Kier alpha value is -1.78. The lowest BCUT2D eigenvalue weighted by molar-refractivity contribution is -0.137. The topological polar surface area (TPSA) is 79.5 Å². The number of carbonyl (C=O) groups excluding carboxylic acids is 1. The van der Waals surface area contributed by atoms with Gasteiger partial charge in [0.15, 0.2) is 0 Å². The highest BCUT2D eigenvalue weighted by Gasteiger charge is 2.13. The van der Waals surface area contributed by atoms with Crippen LogP contribution in [-0.4, -0.2) is 23.0 Å². The van der Waals surface area contributed by atoms with Crippen LogP contribution in [0.1, 0.15) is 29.5 Å². The van der Waals surface area contributed by atoms with Crippen molar-refractivity contribution in [3.63, 3.8) is 0 Å². The summed E-state index contributed by atoms with van der Waals surface area (Å²) in [6.45, 7) is 3.37. The molecule has 1 heterocycles. The molecule has 0 radical (unpaired) electrons. The van der Waals surface area contributed by atoms with Gasteiger partial charge in [-0.2, -0.15) is 0 Å². The number of hydrogen-bond donors (Lipinski definition) is 2. The fourth-order valence-corrected chi connectivity index (χ4v) is 1.18. The quantitative estimate of drug-likeness (QED) is 0.783. The number of nitrogens with one attached hydrogen (secondary N) is 1. The van der Waals surface area contributed by atoms with Crippen molar-refractivity contribution in [3.05, 3.63) is 23.7 Å². The SMILES string of the molecule is Cc1cc(C(=O)NC(C)CC(=O)O)co1. The first-order valence-corrected chi connectivity index (χ1v) is 4.57. The molecular weight excluding hydrogens is 198 g/mol. The number of aryl methyl sites for hydroxylation is 1. The molecule has 2 N–H and O–H groups in total. The summed E-state index contributed by atoms with van der Waals surface area (Å²) in [5.41, 5.74) is 0.407. The van der Waals surface area contributed by atoms with Crippen molar-refractivity contribution in [1.29, 1.82) is 0 Å². The molecule has 0 aliphatic carbocycles. The van der Waals surface area contributed by atoms with Crippen LogP contribution in [0.4, 0.5) is 0 Å². The van der Waals surface area contributed by atoms with E-state index in [0.29, 0.717) is 11.3 Å². The minimum atomic E-state index is -0.939. The highest BCUT2D eigenvalue weighted by molar-refractivity contribution is 5.94. The normalized spacial score (nSPS) is 12.1. The Kier molecular flexibility index (Phi) is 3.49. The second kappa shape index (κ2) is 4.63. The minimum Gasteiger partial charge on any atom is -0.481 e. The smallest absolute Gasteiger partial charge is 0.305 e. The second-order valence-corrected chi connectivity index (χ2v) is 3.42. The van der Waals surface area contributed by atoms with E-state index in [1.165, 1.54) is 6.26 Å². The van der Waals surface area contributed by atoms with Crippen LogP contribution in [-0.2, 0) is 4.79 Å². The van der Waals surface area contributed by atoms with Crippen molar-refractivity contribution in [2.75, 3.05) is 0 Å². The Balaban J connectivity index is 2.52. The molecular formula is C10H13NO4. The van der Waals surface area contributed by atoms with Gasteiger partial charge in [-0.1, -0.05) is 0 Å². The first-order valence-electron chi connectivity index (χ1n) is 4.57. The van der Waals surface area contributed by atoms with Crippen molar-refractivity contribution < 1.29 is 19.1 Å². The summed E-state index contributed by atoms with van der Waals surface area (Å²) in [5.74, 6) is -0.613. The van der Waals surface area contributed by atoms with Crippen LogP contribution in [0.5, 0.6) is 0 Å². The molecule has 1 atom stereocenters. The molecule has 82 valence electrons. The number of carboxylic acid groups (broad SMARTS) is 1. The molecule has 0 saturated heterocycles. The Morgan fingerprint density at radius 2 is 2.27 bits per heavy atom. The molecule has 0 aliphatic rings. The molecule has 1 aromatic rings. The van der Waals surface area contributed by atoms with Crippen molar-refractivity contribution in [3.8, 4) is 0 Å². The molecule has 0 aliphatic heterocycles. The van der Waals surface area contributed by atoms with Crippen molar-refractivity contribution in [1.82, 2.24) is 5.32 Å². The van der Waals surface area contributed by atoms with Crippen molar-refractivity contribution in [2.24, 2.45) is 0 Å². The summed E-state index contributed by atoms with van der Waals surface area (Å²) in [6, 6.07) is 1.20. The molecule has 0 aromatic carbocycles. The molecule has 1 amide bonds. The highest BCUT2D eigenvalue weighted by Crippen LogP contribution is 2.06. The lowest BCUT2D eigenvalue weighted by Gasteiger charge is -2.09. The van der Waals surface area contributed by atoms with E-state index >= 15 is 0 Å². The fraction of sp³-hybridized carbons (Fsp3) is 0.400. The van der Waals surface area contributed by atoms with Gasteiger partial charge in [0.25, 0.3) is 5.91 Å². The van der Waals surface area contributed by atoms with Crippen LogP contribution < -0.4 is 5.32 Å².